The standard InChI is InChI=1S/C12H13BrN4/c1-16(2)15-12(17-8-7-14-9-17)10-5-3-4-6-11(10)13/h3-9H,1-2H3. The van der Waals surface area contributed by atoms with Gasteiger partial charge in [-0.1, -0.05) is 34.1 Å². The van der Waals surface area contributed by atoms with E-state index in [1.165, 1.54) is 0 Å². The molecule has 1 aromatic heterocycles. The first-order valence-corrected chi connectivity index (χ1v) is 5.97. The first-order valence-electron chi connectivity index (χ1n) is 5.17. The fraction of sp³-hybridized carbons (Fsp3) is 0.167. The van der Waals surface area contributed by atoms with Gasteiger partial charge in [0.15, 0.2) is 5.84 Å². The number of hydrogen-bond donors (Lipinski definition) is 0. The SMILES string of the molecule is CN(C)N=C(c1ccccc1Br)n1ccnc1. The highest BCUT2D eigenvalue weighted by atomic mass is 79.9. The Morgan fingerprint density at radius 1 is 1.35 bits per heavy atom. The number of benzene rings is 1. The van der Waals surface area contributed by atoms with Gasteiger partial charge in [0.05, 0.1) is 0 Å². The molecule has 0 amide bonds. The third kappa shape index (κ3) is 2.74. The van der Waals surface area contributed by atoms with Crippen LogP contribution >= 0.6 is 15.9 Å². The Balaban J connectivity index is 2.53. The lowest BCUT2D eigenvalue weighted by Crippen LogP contribution is -2.17. The lowest BCUT2D eigenvalue weighted by molar-refractivity contribution is 0.435. The number of halogens is 1. The van der Waals surface area contributed by atoms with Gasteiger partial charge >= 0.3 is 0 Å². The third-order valence-corrected chi connectivity index (χ3v) is 2.85. The van der Waals surface area contributed by atoms with Crippen LogP contribution in [0.25, 0.3) is 0 Å². The number of nitrogens with zero attached hydrogens (tertiary/aromatic N) is 4. The van der Waals surface area contributed by atoms with Gasteiger partial charge < -0.3 is 5.01 Å². The summed E-state index contributed by atoms with van der Waals surface area (Å²) in [5.41, 5.74) is 1.03. The van der Waals surface area contributed by atoms with Gasteiger partial charge in [-0.2, -0.15) is 5.10 Å². The minimum Gasteiger partial charge on any atom is -0.301 e. The average molecular weight is 293 g/mol. The number of hydrazone groups is 1. The predicted octanol–water partition coefficient (Wildman–Crippen LogP) is 2.42. The zero-order valence-corrected chi connectivity index (χ0v) is 11.3. The summed E-state index contributed by atoms with van der Waals surface area (Å²) in [6.07, 6.45) is 5.35. The van der Waals surface area contributed by atoms with E-state index in [1.54, 1.807) is 17.5 Å². The highest BCUT2D eigenvalue weighted by Crippen LogP contribution is 2.17. The molecule has 1 heterocycles. The largest absolute Gasteiger partial charge is 0.301 e. The molecule has 88 valence electrons. The molecule has 4 nitrogen and oxygen atoms in total. The van der Waals surface area contributed by atoms with E-state index >= 15 is 0 Å². The quantitative estimate of drug-likeness (QED) is 0.484. The summed E-state index contributed by atoms with van der Waals surface area (Å²) in [7, 11) is 3.79. The van der Waals surface area contributed by atoms with Gasteiger partial charge in [0.25, 0.3) is 0 Å². The zero-order valence-electron chi connectivity index (χ0n) is 9.71. The number of hydrogen-bond acceptors (Lipinski definition) is 3. The van der Waals surface area contributed by atoms with Gasteiger partial charge in [0, 0.05) is 36.5 Å². The van der Waals surface area contributed by atoms with Crippen molar-refractivity contribution in [2.45, 2.75) is 0 Å². The summed E-state index contributed by atoms with van der Waals surface area (Å²) in [6.45, 7) is 0. The van der Waals surface area contributed by atoms with E-state index in [1.807, 2.05) is 49.1 Å². The summed E-state index contributed by atoms with van der Waals surface area (Å²) >= 11 is 3.54. The first kappa shape index (κ1) is 11.9. The van der Waals surface area contributed by atoms with E-state index in [-0.39, 0.29) is 0 Å². The maximum Gasteiger partial charge on any atom is 0.166 e. The summed E-state index contributed by atoms with van der Waals surface area (Å²) in [5, 5.41) is 6.27. The van der Waals surface area contributed by atoms with E-state index in [4.69, 9.17) is 0 Å². The van der Waals surface area contributed by atoms with Crippen LogP contribution in [0.4, 0.5) is 0 Å². The molecule has 5 heteroatoms. The fourth-order valence-electron chi connectivity index (χ4n) is 1.46. The molecule has 0 aliphatic carbocycles. The lowest BCUT2D eigenvalue weighted by Gasteiger charge is -2.12. The Bertz CT molecular complexity index is 517. The van der Waals surface area contributed by atoms with Crippen molar-refractivity contribution in [3.05, 3.63) is 53.0 Å². The Hall–Kier alpha value is -1.62. The van der Waals surface area contributed by atoms with Crippen molar-refractivity contribution in [3.8, 4) is 0 Å². The van der Waals surface area contributed by atoms with Crippen LogP contribution in [0.2, 0.25) is 0 Å². The van der Waals surface area contributed by atoms with E-state index in [9.17, 15) is 0 Å². The van der Waals surface area contributed by atoms with Crippen LogP contribution in [0, 0.1) is 0 Å². The second kappa shape index (κ2) is 5.14. The van der Waals surface area contributed by atoms with Crippen LogP contribution < -0.4 is 0 Å². The molecule has 2 aromatic rings. The van der Waals surface area contributed by atoms with E-state index in [2.05, 4.69) is 26.0 Å². The highest BCUT2D eigenvalue weighted by Gasteiger charge is 2.09. The average Bonchev–Trinajstić information content (AvgIpc) is 2.80. The fourth-order valence-corrected chi connectivity index (χ4v) is 1.92. The molecule has 0 radical (unpaired) electrons. The van der Waals surface area contributed by atoms with Gasteiger partial charge in [-0.05, 0) is 6.07 Å². The van der Waals surface area contributed by atoms with Crippen molar-refractivity contribution < 1.29 is 0 Å². The lowest BCUT2D eigenvalue weighted by atomic mass is 10.2. The molecule has 0 atom stereocenters. The van der Waals surface area contributed by atoms with Crippen LogP contribution in [0.1, 0.15) is 5.56 Å². The third-order valence-electron chi connectivity index (χ3n) is 2.16. The molecule has 0 unspecified atom stereocenters. The molecule has 17 heavy (non-hydrogen) atoms. The van der Waals surface area contributed by atoms with Crippen molar-refractivity contribution in [1.82, 2.24) is 14.6 Å². The molecule has 0 aliphatic heterocycles. The molecule has 2 rings (SSSR count). The predicted molar refractivity (Wildman–Crippen MR) is 72.0 cm³/mol. The Kier molecular flexibility index (Phi) is 3.58. The Morgan fingerprint density at radius 2 is 2.12 bits per heavy atom. The topological polar surface area (TPSA) is 33.4 Å². The Labute approximate surface area is 109 Å². The summed E-state index contributed by atoms with van der Waals surface area (Å²) in [4.78, 5) is 4.05. The zero-order chi connectivity index (χ0) is 12.3. The maximum absolute atomic E-state index is 4.49. The molecule has 0 saturated heterocycles. The normalized spacial score (nSPS) is 11.6. The van der Waals surface area contributed by atoms with Gasteiger partial charge in [-0.25, -0.2) is 4.98 Å². The van der Waals surface area contributed by atoms with Crippen molar-refractivity contribution in [2.75, 3.05) is 14.1 Å². The van der Waals surface area contributed by atoms with Gasteiger partial charge in [0.1, 0.15) is 6.33 Å². The van der Waals surface area contributed by atoms with Crippen LogP contribution in [0.3, 0.4) is 0 Å². The van der Waals surface area contributed by atoms with Crippen molar-refractivity contribution in [1.29, 1.82) is 0 Å². The molecule has 0 bridgehead atoms. The Morgan fingerprint density at radius 3 is 2.71 bits per heavy atom. The molecule has 0 fully saturated rings. The number of rotatable bonds is 2. The monoisotopic (exact) mass is 292 g/mol. The van der Waals surface area contributed by atoms with E-state index in [0.29, 0.717) is 0 Å². The summed E-state index contributed by atoms with van der Waals surface area (Å²) < 4.78 is 2.90. The van der Waals surface area contributed by atoms with E-state index < -0.39 is 0 Å². The van der Waals surface area contributed by atoms with E-state index in [0.717, 1.165) is 15.9 Å². The maximum atomic E-state index is 4.49. The van der Waals surface area contributed by atoms with Gasteiger partial charge in [0.2, 0.25) is 0 Å². The van der Waals surface area contributed by atoms with Crippen molar-refractivity contribution >= 4 is 21.8 Å². The van der Waals surface area contributed by atoms with Crippen LogP contribution in [0.15, 0.2) is 52.6 Å². The number of aromatic nitrogens is 2. The molecule has 0 N–H and O–H groups in total. The molecule has 0 spiro atoms. The minimum absolute atomic E-state index is 0.833. The molecule has 0 aliphatic rings. The first-order chi connectivity index (χ1) is 8.18. The molecule has 0 saturated carbocycles. The number of imidazole rings is 1. The second-order valence-electron chi connectivity index (χ2n) is 3.72. The van der Waals surface area contributed by atoms with Crippen LogP contribution in [0.5, 0.6) is 0 Å². The highest BCUT2D eigenvalue weighted by molar-refractivity contribution is 9.10. The van der Waals surface area contributed by atoms with Gasteiger partial charge in [-0.3, -0.25) is 4.57 Å². The van der Waals surface area contributed by atoms with Crippen molar-refractivity contribution in [3.63, 3.8) is 0 Å². The summed E-state index contributed by atoms with van der Waals surface area (Å²) in [6, 6.07) is 7.99. The van der Waals surface area contributed by atoms with Gasteiger partial charge in [-0.15, -0.1) is 0 Å². The molecular weight excluding hydrogens is 280 g/mol. The smallest absolute Gasteiger partial charge is 0.166 e. The second-order valence-corrected chi connectivity index (χ2v) is 4.57. The molecular formula is C12H13BrN4. The molecule has 1 aromatic carbocycles. The van der Waals surface area contributed by atoms with Crippen LogP contribution in [-0.4, -0.2) is 34.5 Å². The van der Waals surface area contributed by atoms with Crippen molar-refractivity contribution in [2.24, 2.45) is 5.10 Å². The van der Waals surface area contributed by atoms with Crippen LogP contribution in [-0.2, 0) is 0 Å². The summed E-state index contributed by atoms with van der Waals surface area (Å²) in [5.74, 6) is 0.833. The minimum atomic E-state index is 0.833.